The molecule has 9 heteroatoms. The van der Waals surface area contributed by atoms with Crippen molar-refractivity contribution in [2.24, 2.45) is 0 Å². The van der Waals surface area contributed by atoms with Crippen molar-refractivity contribution in [2.75, 3.05) is 12.0 Å². The Labute approximate surface area is 143 Å². The highest BCUT2D eigenvalue weighted by Crippen LogP contribution is 2.33. The number of carbonyl (C=O) groups is 1. The van der Waals surface area contributed by atoms with Crippen molar-refractivity contribution >= 4 is 29.1 Å². The maximum absolute atomic E-state index is 12.8. The topological polar surface area (TPSA) is 64.3 Å². The fourth-order valence-electron chi connectivity index (χ4n) is 1.64. The fraction of sp³-hybridized carbons (Fsp3) is 0.467. The van der Waals surface area contributed by atoms with Crippen molar-refractivity contribution in [1.29, 1.82) is 0 Å². The minimum absolute atomic E-state index is 0.0241. The van der Waals surface area contributed by atoms with Crippen molar-refractivity contribution in [1.82, 2.24) is 5.43 Å². The van der Waals surface area contributed by atoms with E-state index >= 15 is 0 Å². The Morgan fingerprint density at radius 2 is 1.92 bits per heavy atom. The van der Waals surface area contributed by atoms with Crippen LogP contribution in [0.5, 0.6) is 0 Å². The van der Waals surface area contributed by atoms with Crippen LogP contribution in [-0.2, 0) is 15.7 Å². The highest BCUT2D eigenvalue weighted by molar-refractivity contribution is 6.34. The zero-order chi connectivity index (χ0) is 18.5. The van der Waals surface area contributed by atoms with E-state index in [0.717, 1.165) is 18.2 Å². The van der Waals surface area contributed by atoms with E-state index in [-0.39, 0.29) is 23.2 Å². The van der Waals surface area contributed by atoms with Crippen LogP contribution in [-0.4, -0.2) is 24.0 Å². The van der Waals surface area contributed by atoms with E-state index in [2.05, 4.69) is 15.8 Å². The molecule has 0 aromatic heterocycles. The van der Waals surface area contributed by atoms with Gasteiger partial charge in [0.1, 0.15) is 0 Å². The van der Waals surface area contributed by atoms with Crippen LogP contribution in [0.4, 0.5) is 18.9 Å². The van der Waals surface area contributed by atoms with Crippen LogP contribution in [0.15, 0.2) is 18.2 Å². The molecule has 134 valence electrons. The average molecular weight is 367 g/mol. The van der Waals surface area contributed by atoms with Gasteiger partial charge in [0.15, 0.2) is 0 Å². The van der Waals surface area contributed by atoms with Crippen molar-refractivity contribution in [3.8, 4) is 0 Å². The Balaban J connectivity index is 3.02. The van der Waals surface area contributed by atoms with Crippen LogP contribution >= 0.6 is 11.6 Å². The quantitative estimate of drug-likeness (QED) is 0.332. The van der Waals surface area contributed by atoms with Crippen LogP contribution < -0.4 is 15.8 Å². The minimum atomic E-state index is -4.50. The number of rotatable bonds is 3. The predicted octanol–water partition coefficient (Wildman–Crippen LogP) is 2.12. The molecular weight excluding hydrogens is 347 g/mol. The summed E-state index contributed by atoms with van der Waals surface area (Å²) < 4.78 is 43.2. The van der Waals surface area contributed by atoms with E-state index in [9.17, 15) is 18.0 Å². The zero-order valence-electron chi connectivity index (χ0n) is 13.8. The van der Waals surface area contributed by atoms with Crippen LogP contribution in [0.1, 0.15) is 33.3 Å². The largest absolute Gasteiger partial charge is 0.457 e. The third-order valence-corrected chi connectivity index (χ3v) is 2.93. The summed E-state index contributed by atoms with van der Waals surface area (Å²) in [5, 5.41) is 0.0643. The van der Waals surface area contributed by atoms with Gasteiger partial charge in [0.05, 0.1) is 28.4 Å². The van der Waals surface area contributed by atoms with E-state index < -0.39 is 23.2 Å². The summed E-state index contributed by atoms with van der Waals surface area (Å²) >= 11 is 5.89. The number of nitrogens with one attached hydrogen (secondary N) is 3. The maximum atomic E-state index is 12.8. The first-order chi connectivity index (χ1) is 10.9. The van der Waals surface area contributed by atoms with Gasteiger partial charge in [-0.1, -0.05) is 11.6 Å². The van der Waals surface area contributed by atoms with Crippen LogP contribution in [0.3, 0.4) is 0 Å². The first-order valence-electron chi connectivity index (χ1n) is 7.15. The summed E-state index contributed by atoms with van der Waals surface area (Å²) in [7, 11) is 0. The second-order valence-corrected chi connectivity index (χ2v) is 6.32. The molecule has 0 saturated carbocycles. The molecule has 0 fully saturated rings. The normalized spacial score (nSPS) is 12.8. The van der Waals surface area contributed by atoms with Crippen molar-refractivity contribution < 1.29 is 27.7 Å². The molecule has 0 aliphatic carbocycles. The van der Waals surface area contributed by atoms with Gasteiger partial charge in [-0.2, -0.15) is 18.6 Å². The third kappa shape index (κ3) is 6.27. The van der Waals surface area contributed by atoms with E-state index in [1.54, 1.807) is 6.92 Å². The zero-order valence-corrected chi connectivity index (χ0v) is 14.5. The van der Waals surface area contributed by atoms with E-state index in [4.69, 9.17) is 16.3 Å². The summed E-state index contributed by atoms with van der Waals surface area (Å²) in [4.78, 5) is 14.8. The lowest BCUT2D eigenvalue weighted by molar-refractivity contribution is -0.539. The Kier molecular flexibility index (Phi) is 6.48. The van der Waals surface area contributed by atoms with Gasteiger partial charge in [0.25, 0.3) is 0 Å². The molecule has 5 nitrogen and oxygen atoms in total. The van der Waals surface area contributed by atoms with Crippen molar-refractivity contribution in [2.45, 2.75) is 39.4 Å². The highest BCUT2D eigenvalue weighted by Gasteiger charge is 2.31. The molecule has 0 amide bonds. The molecule has 0 saturated heterocycles. The molecule has 0 aliphatic heterocycles. The Morgan fingerprint density at radius 3 is 2.42 bits per heavy atom. The van der Waals surface area contributed by atoms with E-state index in [0.29, 0.717) is 0 Å². The minimum Gasteiger partial charge on any atom is -0.457 e. The summed E-state index contributed by atoms with van der Waals surface area (Å²) in [6.07, 6.45) is -4.50. The number of halogens is 4. The number of amidine groups is 1. The molecule has 1 rings (SSSR count). The van der Waals surface area contributed by atoms with Gasteiger partial charge >= 0.3 is 18.0 Å². The van der Waals surface area contributed by atoms with E-state index in [1.165, 1.54) is 0 Å². The van der Waals surface area contributed by atoms with Gasteiger partial charge in [-0.25, -0.2) is 10.2 Å². The molecule has 1 aromatic carbocycles. The summed E-state index contributed by atoms with van der Waals surface area (Å²) in [5.74, 6) is -0.721. The van der Waals surface area contributed by atoms with Gasteiger partial charge in [-0.15, -0.1) is 0 Å². The Bertz CT molecular complexity index is 625. The van der Waals surface area contributed by atoms with Crippen molar-refractivity contribution in [3.63, 3.8) is 0 Å². The second-order valence-electron chi connectivity index (χ2n) is 5.91. The highest BCUT2D eigenvalue weighted by atomic mass is 35.5. The van der Waals surface area contributed by atoms with Crippen LogP contribution in [0.2, 0.25) is 5.02 Å². The Hall–Kier alpha value is -1.96. The number of anilines is 1. The first-order valence-corrected chi connectivity index (χ1v) is 7.53. The number of ether oxygens (including phenoxy) is 1. The summed E-state index contributed by atoms with van der Waals surface area (Å²) in [5.41, 5.74) is 3.67. The number of carbonyl (C=O) groups excluding carboxylic acids is 1. The number of hydrogen-bond donors (Lipinski definition) is 3. The average Bonchev–Trinajstić information content (AvgIpc) is 2.42. The lowest BCUT2D eigenvalue weighted by atomic mass is 10.1. The van der Waals surface area contributed by atoms with Crippen LogP contribution in [0.25, 0.3) is 0 Å². The maximum Gasteiger partial charge on any atom is 0.423 e. The molecular formula is C15H20ClF3N3O2+. The fourth-order valence-corrected chi connectivity index (χ4v) is 1.80. The molecule has 0 unspecified atom stereocenters. The number of benzene rings is 1. The standard InChI is InChI=1S/C15H19ClF3N3O2/c1-5-24-13(23)12(20-14(2,3)4)22-21-11-8-9(15(17,18)19)6-7-10(11)16/h6-8,21H,5H2,1-4H3,(H,20,22)/p+1. The van der Waals surface area contributed by atoms with Crippen LogP contribution in [0, 0.1) is 0 Å². The van der Waals surface area contributed by atoms with Gasteiger partial charge in [-0.05, 0) is 45.9 Å². The van der Waals surface area contributed by atoms with Crippen molar-refractivity contribution in [3.05, 3.63) is 28.8 Å². The molecule has 0 heterocycles. The van der Waals surface area contributed by atoms with E-state index in [1.807, 2.05) is 20.8 Å². The number of hydrazine groups is 1. The second kappa shape index (κ2) is 7.74. The lowest BCUT2D eigenvalue weighted by Gasteiger charge is -2.14. The lowest BCUT2D eigenvalue weighted by Crippen LogP contribution is -2.88. The number of alkyl halides is 3. The first kappa shape index (κ1) is 20.1. The number of hydrogen-bond acceptors (Lipinski definition) is 3. The molecule has 0 atom stereocenters. The molecule has 0 bridgehead atoms. The third-order valence-electron chi connectivity index (χ3n) is 2.60. The molecule has 0 radical (unpaired) electrons. The smallest absolute Gasteiger partial charge is 0.423 e. The monoisotopic (exact) mass is 366 g/mol. The molecule has 0 aliphatic rings. The van der Waals surface area contributed by atoms with Gasteiger partial charge in [0.2, 0.25) is 0 Å². The molecule has 3 N–H and O–H groups in total. The Morgan fingerprint density at radius 1 is 1.29 bits per heavy atom. The van der Waals surface area contributed by atoms with Gasteiger partial charge < -0.3 is 4.74 Å². The van der Waals surface area contributed by atoms with Gasteiger partial charge in [-0.3, -0.25) is 4.99 Å². The predicted molar refractivity (Wildman–Crippen MR) is 85.6 cm³/mol. The molecule has 0 spiro atoms. The SMILES string of the molecule is CCOC(=O)C(NNc1cc(C(F)(F)F)ccc1Cl)=[NH+]C(C)(C)C. The summed E-state index contributed by atoms with van der Waals surface area (Å²) in [6, 6.07) is 2.84. The summed E-state index contributed by atoms with van der Waals surface area (Å²) in [6.45, 7) is 7.23. The number of esters is 1. The molecule has 1 aromatic rings. The molecule has 24 heavy (non-hydrogen) atoms. The van der Waals surface area contributed by atoms with Gasteiger partial charge in [0, 0.05) is 0 Å².